The van der Waals surface area contributed by atoms with E-state index in [1.165, 1.54) is 0 Å². The van der Waals surface area contributed by atoms with Crippen molar-refractivity contribution in [2.45, 2.75) is 6.92 Å². The minimum atomic E-state index is 0.0172. The number of hydrogen-bond acceptors (Lipinski definition) is 2. The number of halogens is 2. The number of aryl methyl sites for hydroxylation is 1. The molecule has 0 heterocycles. The Morgan fingerprint density at radius 3 is 2.50 bits per heavy atom. The zero-order chi connectivity index (χ0) is 10.7. The second-order valence-corrected chi connectivity index (χ2v) is 3.85. The van der Waals surface area contributed by atoms with Crippen LogP contribution < -0.4 is 5.32 Å². The number of Topliss-reactive ketones (excluding diaryl/α,β-unsaturated/α-hetero) is 1. The van der Waals surface area contributed by atoms with Crippen molar-refractivity contribution in [3.05, 3.63) is 33.3 Å². The van der Waals surface area contributed by atoms with Gasteiger partial charge < -0.3 is 5.32 Å². The molecule has 0 radical (unpaired) electrons. The molecule has 0 amide bonds. The van der Waals surface area contributed by atoms with Crippen molar-refractivity contribution in [2.24, 2.45) is 0 Å². The van der Waals surface area contributed by atoms with Crippen LogP contribution in [0.4, 0.5) is 0 Å². The monoisotopic (exact) mass is 231 g/mol. The molecular formula is C10H11Cl2NO. The maximum Gasteiger partial charge on any atom is 0.176 e. The summed E-state index contributed by atoms with van der Waals surface area (Å²) in [6.45, 7) is 2.14. The van der Waals surface area contributed by atoms with Crippen LogP contribution in [0.3, 0.4) is 0 Å². The number of ketones is 1. The molecule has 0 saturated carbocycles. The zero-order valence-electron chi connectivity index (χ0n) is 8.03. The van der Waals surface area contributed by atoms with Crippen LogP contribution in [0, 0.1) is 6.92 Å². The molecule has 0 fully saturated rings. The second kappa shape index (κ2) is 4.78. The first kappa shape index (κ1) is 11.5. The van der Waals surface area contributed by atoms with Crippen LogP contribution in [0.25, 0.3) is 0 Å². The molecule has 0 unspecified atom stereocenters. The van der Waals surface area contributed by atoms with Crippen molar-refractivity contribution in [2.75, 3.05) is 13.6 Å². The van der Waals surface area contributed by atoms with Gasteiger partial charge in [-0.25, -0.2) is 0 Å². The molecule has 1 rings (SSSR count). The molecule has 0 aliphatic heterocycles. The van der Waals surface area contributed by atoms with Crippen molar-refractivity contribution >= 4 is 29.0 Å². The summed E-state index contributed by atoms with van der Waals surface area (Å²) >= 11 is 11.6. The fourth-order valence-electron chi connectivity index (χ4n) is 1.20. The van der Waals surface area contributed by atoms with E-state index >= 15 is 0 Å². The number of likely N-dealkylation sites (N-methyl/N-ethyl adjacent to an activating group) is 1. The number of carbonyl (C=O) groups is 1. The average molecular weight is 232 g/mol. The zero-order valence-corrected chi connectivity index (χ0v) is 9.54. The smallest absolute Gasteiger partial charge is 0.176 e. The first-order chi connectivity index (χ1) is 6.56. The van der Waals surface area contributed by atoms with Gasteiger partial charge >= 0.3 is 0 Å². The van der Waals surface area contributed by atoms with Crippen LogP contribution >= 0.6 is 23.2 Å². The highest BCUT2D eigenvalue weighted by Gasteiger charge is 2.10. The molecule has 1 aromatic carbocycles. The average Bonchev–Trinajstić information content (AvgIpc) is 2.11. The summed E-state index contributed by atoms with van der Waals surface area (Å²) in [5, 5.41) is 3.69. The molecule has 4 heteroatoms. The standard InChI is InChI=1S/C10H11Cl2NO/c1-6-3-8(11)9(12)4-7(6)10(14)5-13-2/h3-4,13H,5H2,1-2H3. The Morgan fingerprint density at radius 1 is 1.36 bits per heavy atom. The van der Waals surface area contributed by atoms with Gasteiger partial charge in [0.15, 0.2) is 5.78 Å². The lowest BCUT2D eigenvalue weighted by Crippen LogP contribution is -2.19. The van der Waals surface area contributed by atoms with Crippen molar-refractivity contribution in [1.29, 1.82) is 0 Å². The summed E-state index contributed by atoms with van der Waals surface area (Å²) in [6, 6.07) is 3.31. The normalized spacial score (nSPS) is 10.3. The number of nitrogens with one attached hydrogen (secondary N) is 1. The van der Waals surface area contributed by atoms with Crippen molar-refractivity contribution < 1.29 is 4.79 Å². The molecule has 1 aromatic rings. The predicted molar refractivity (Wildman–Crippen MR) is 59.5 cm³/mol. The van der Waals surface area contributed by atoms with Gasteiger partial charge in [0.25, 0.3) is 0 Å². The lowest BCUT2D eigenvalue weighted by Gasteiger charge is -2.06. The van der Waals surface area contributed by atoms with E-state index in [0.29, 0.717) is 22.2 Å². The molecule has 1 N–H and O–H groups in total. The topological polar surface area (TPSA) is 29.1 Å². The van der Waals surface area contributed by atoms with Crippen molar-refractivity contribution in [1.82, 2.24) is 5.32 Å². The van der Waals surface area contributed by atoms with E-state index in [4.69, 9.17) is 23.2 Å². The van der Waals surface area contributed by atoms with E-state index in [2.05, 4.69) is 5.32 Å². The lowest BCUT2D eigenvalue weighted by molar-refractivity contribution is 0.0993. The number of carbonyl (C=O) groups excluding carboxylic acids is 1. The molecule has 0 aliphatic carbocycles. The summed E-state index contributed by atoms with van der Waals surface area (Å²) in [6.07, 6.45) is 0. The summed E-state index contributed by atoms with van der Waals surface area (Å²) < 4.78 is 0. The van der Waals surface area contributed by atoms with Gasteiger partial charge in [-0.1, -0.05) is 23.2 Å². The predicted octanol–water partition coefficient (Wildman–Crippen LogP) is 2.70. The van der Waals surface area contributed by atoms with E-state index in [1.807, 2.05) is 6.92 Å². The van der Waals surface area contributed by atoms with E-state index in [0.717, 1.165) is 5.56 Å². The van der Waals surface area contributed by atoms with Crippen LogP contribution in [0.5, 0.6) is 0 Å². The third-order valence-corrected chi connectivity index (χ3v) is 2.63. The van der Waals surface area contributed by atoms with Gasteiger partial charge in [0.2, 0.25) is 0 Å². The highest BCUT2D eigenvalue weighted by atomic mass is 35.5. The van der Waals surface area contributed by atoms with Gasteiger partial charge in [-0.15, -0.1) is 0 Å². The number of benzene rings is 1. The van der Waals surface area contributed by atoms with Crippen molar-refractivity contribution in [3.63, 3.8) is 0 Å². The van der Waals surface area contributed by atoms with Gasteiger partial charge in [-0.3, -0.25) is 4.79 Å². The maximum absolute atomic E-state index is 11.6. The molecule has 0 spiro atoms. The first-order valence-electron chi connectivity index (χ1n) is 4.19. The minimum Gasteiger partial charge on any atom is -0.313 e. The molecule has 14 heavy (non-hydrogen) atoms. The van der Waals surface area contributed by atoms with Crippen LogP contribution in [-0.2, 0) is 0 Å². The summed E-state index contributed by atoms with van der Waals surface area (Å²) in [4.78, 5) is 11.6. The Labute approximate surface area is 93.2 Å². The third-order valence-electron chi connectivity index (χ3n) is 1.91. The molecule has 0 bridgehead atoms. The molecule has 0 aromatic heterocycles. The molecule has 0 atom stereocenters. The third kappa shape index (κ3) is 2.47. The molecule has 0 aliphatic rings. The number of rotatable bonds is 3. The van der Waals surface area contributed by atoms with Crippen LogP contribution in [0.15, 0.2) is 12.1 Å². The largest absolute Gasteiger partial charge is 0.313 e. The molecule has 2 nitrogen and oxygen atoms in total. The Bertz CT molecular complexity index is 363. The summed E-state index contributed by atoms with van der Waals surface area (Å²) in [5.41, 5.74) is 1.47. The lowest BCUT2D eigenvalue weighted by atomic mass is 10.0. The number of hydrogen-bond donors (Lipinski definition) is 1. The van der Waals surface area contributed by atoms with Gasteiger partial charge in [0.1, 0.15) is 0 Å². The Hall–Kier alpha value is -0.570. The second-order valence-electron chi connectivity index (χ2n) is 3.03. The minimum absolute atomic E-state index is 0.0172. The van der Waals surface area contributed by atoms with Gasteiger partial charge in [-0.05, 0) is 31.7 Å². The molecule has 76 valence electrons. The Morgan fingerprint density at radius 2 is 1.93 bits per heavy atom. The first-order valence-corrected chi connectivity index (χ1v) is 4.95. The maximum atomic E-state index is 11.6. The summed E-state index contributed by atoms with van der Waals surface area (Å²) in [7, 11) is 1.73. The summed E-state index contributed by atoms with van der Waals surface area (Å²) in [5.74, 6) is 0.0172. The fraction of sp³-hybridized carbons (Fsp3) is 0.300. The SMILES string of the molecule is CNCC(=O)c1cc(Cl)c(Cl)cc1C. The highest BCUT2D eigenvalue weighted by molar-refractivity contribution is 6.42. The van der Waals surface area contributed by atoms with Gasteiger partial charge in [-0.2, -0.15) is 0 Å². The van der Waals surface area contributed by atoms with E-state index in [9.17, 15) is 4.79 Å². The fourth-order valence-corrected chi connectivity index (χ4v) is 1.58. The molecule has 0 saturated heterocycles. The van der Waals surface area contributed by atoms with Gasteiger partial charge in [0, 0.05) is 5.56 Å². The quantitative estimate of drug-likeness (QED) is 0.811. The van der Waals surface area contributed by atoms with E-state index < -0.39 is 0 Å². The highest BCUT2D eigenvalue weighted by Crippen LogP contribution is 2.25. The van der Waals surface area contributed by atoms with Crippen LogP contribution in [0.2, 0.25) is 10.0 Å². The van der Waals surface area contributed by atoms with Gasteiger partial charge in [0.05, 0.1) is 16.6 Å². The Kier molecular flexibility index (Phi) is 3.93. The Balaban J connectivity index is 3.09. The molecular weight excluding hydrogens is 221 g/mol. The van der Waals surface area contributed by atoms with Crippen molar-refractivity contribution in [3.8, 4) is 0 Å². The van der Waals surface area contributed by atoms with E-state index in [-0.39, 0.29) is 5.78 Å². The van der Waals surface area contributed by atoms with E-state index in [1.54, 1.807) is 19.2 Å². The van der Waals surface area contributed by atoms with Crippen LogP contribution in [0.1, 0.15) is 15.9 Å². The van der Waals surface area contributed by atoms with Crippen LogP contribution in [-0.4, -0.2) is 19.4 Å².